The Kier molecular flexibility index (Phi) is 3.05. The minimum Gasteiger partial charge on any atom is -0.353 e. The third-order valence-electron chi connectivity index (χ3n) is 3.77. The lowest BCUT2D eigenvalue weighted by atomic mass is 10.1. The third-order valence-corrected chi connectivity index (χ3v) is 5.08. The predicted octanol–water partition coefficient (Wildman–Crippen LogP) is 0.605. The van der Waals surface area contributed by atoms with Crippen molar-refractivity contribution in [2.45, 2.75) is 37.0 Å². The number of nitrogens with zero attached hydrogens (tertiary/aromatic N) is 2. The minimum atomic E-state index is -0.281. The summed E-state index contributed by atoms with van der Waals surface area (Å²) in [4.78, 5) is 29.0. The fraction of sp³-hybridized carbons (Fsp3) is 0.750. The van der Waals surface area contributed by atoms with E-state index >= 15 is 0 Å². The van der Waals surface area contributed by atoms with E-state index in [0.717, 1.165) is 17.6 Å². The normalized spacial score (nSPS) is 32.7. The molecule has 0 aromatic carbocycles. The number of thioether (sulfide) groups is 1. The molecule has 3 rings (SSSR count). The minimum absolute atomic E-state index is 0.0880. The first-order valence-electron chi connectivity index (χ1n) is 6.43. The summed E-state index contributed by atoms with van der Waals surface area (Å²) in [6.45, 7) is 0.868. The maximum absolute atomic E-state index is 11.9. The van der Waals surface area contributed by atoms with Crippen LogP contribution in [0.15, 0.2) is 4.99 Å². The summed E-state index contributed by atoms with van der Waals surface area (Å²) in [7, 11) is 1.55. The molecule has 1 aliphatic carbocycles. The maximum Gasteiger partial charge on any atom is 0.251 e. The van der Waals surface area contributed by atoms with Gasteiger partial charge in [-0.05, 0) is 25.2 Å². The maximum atomic E-state index is 11.9. The molecular formula is C12H17N3O2S. The number of hydrogen-bond acceptors (Lipinski definition) is 5. The van der Waals surface area contributed by atoms with E-state index in [0.29, 0.717) is 18.1 Å². The standard InChI is InChI=1S/C12H17N3O2S/c1-15-10(16)5-4-8(11(15)17)14-12-13-6-9(18-12)7-2-3-7/h7-9H,2-6H2,1H3,(H,13,14). The Balaban J connectivity index is 1.56. The number of amides is 2. The fourth-order valence-corrected chi connectivity index (χ4v) is 3.64. The van der Waals surface area contributed by atoms with Crippen molar-refractivity contribution in [3.05, 3.63) is 0 Å². The van der Waals surface area contributed by atoms with Crippen molar-refractivity contribution in [1.82, 2.24) is 10.2 Å². The zero-order valence-corrected chi connectivity index (χ0v) is 11.2. The molecule has 2 atom stereocenters. The fourth-order valence-electron chi connectivity index (χ4n) is 2.38. The van der Waals surface area contributed by atoms with Crippen LogP contribution in [0.5, 0.6) is 0 Å². The summed E-state index contributed by atoms with van der Waals surface area (Å²) in [5, 5.41) is 4.69. The highest BCUT2D eigenvalue weighted by molar-refractivity contribution is 8.14. The molecule has 2 heterocycles. The monoisotopic (exact) mass is 267 g/mol. The molecule has 6 heteroatoms. The Labute approximate surface area is 110 Å². The van der Waals surface area contributed by atoms with Crippen molar-refractivity contribution in [2.24, 2.45) is 10.9 Å². The first kappa shape index (κ1) is 12.0. The van der Waals surface area contributed by atoms with E-state index in [-0.39, 0.29) is 17.9 Å². The Bertz CT molecular complexity index is 420. The molecule has 0 aromatic heterocycles. The molecule has 1 N–H and O–H groups in total. The number of hydrogen-bond donors (Lipinski definition) is 1. The van der Waals surface area contributed by atoms with Crippen molar-refractivity contribution < 1.29 is 9.59 Å². The van der Waals surface area contributed by atoms with E-state index < -0.39 is 0 Å². The summed E-state index contributed by atoms with van der Waals surface area (Å²) < 4.78 is 0. The van der Waals surface area contributed by atoms with E-state index in [9.17, 15) is 9.59 Å². The van der Waals surface area contributed by atoms with E-state index in [4.69, 9.17) is 0 Å². The lowest BCUT2D eigenvalue weighted by Crippen LogP contribution is -2.52. The van der Waals surface area contributed by atoms with E-state index in [1.165, 1.54) is 17.7 Å². The smallest absolute Gasteiger partial charge is 0.251 e. The number of carbonyl (C=O) groups is 2. The van der Waals surface area contributed by atoms with E-state index in [2.05, 4.69) is 10.3 Å². The number of likely N-dealkylation sites (N-methyl/N-ethyl adjacent to an activating group) is 1. The number of amidine groups is 1. The molecule has 2 amide bonds. The highest BCUT2D eigenvalue weighted by atomic mass is 32.2. The molecule has 0 bridgehead atoms. The summed E-state index contributed by atoms with van der Waals surface area (Å²) in [5.74, 6) is 0.601. The van der Waals surface area contributed by atoms with Gasteiger partial charge in [-0.3, -0.25) is 19.5 Å². The largest absolute Gasteiger partial charge is 0.353 e. The van der Waals surface area contributed by atoms with Gasteiger partial charge in [-0.25, -0.2) is 0 Å². The SMILES string of the molecule is CN1C(=O)CCC(NC2=NCC(C3CC3)S2)C1=O. The van der Waals surface area contributed by atoms with Crippen molar-refractivity contribution in [1.29, 1.82) is 0 Å². The highest BCUT2D eigenvalue weighted by Gasteiger charge is 2.37. The molecule has 18 heavy (non-hydrogen) atoms. The highest BCUT2D eigenvalue weighted by Crippen LogP contribution is 2.41. The van der Waals surface area contributed by atoms with Gasteiger partial charge in [-0.15, -0.1) is 0 Å². The van der Waals surface area contributed by atoms with Gasteiger partial charge in [0.05, 0.1) is 6.54 Å². The molecule has 2 unspecified atom stereocenters. The van der Waals surface area contributed by atoms with Crippen LogP contribution in [0.25, 0.3) is 0 Å². The van der Waals surface area contributed by atoms with Crippen LogP contribution in [0.2, 0.25) is 0 Å². The molecule has 3 aliphatic rings. The van der Waals surface area contributed by atoms with Gasteiger partial charge >= 0.3 is 0 Å². The molecule has 0 spiro atoms. The average molecular weight is 267 g/mol. The number of likely N-dealkylation sites (tertiary alicyclic amines) is 1. The van der Waals surface area contributed by atoms with Crippen LogP contribution in [0.3, 0.4) is 0 Å². The summed E-state index contributed by atoms with van der Waals surface area (Å²) in [5.41, 5.74) is 0. The Hall–Kier alpha value is -1.04. The van der Waals surface area contributed by atoms with Crippen molar-refractivity contribution in [3.63, 3.8) is 0 Å². The van der Waals surface area contributed by atoms with E-state index in [1.54, 1.807) is 18.8 Å². The van der Waals surface area contributed by atoms with Gasteiger partial charge in [-0.1, -0.05) is 11.8 Å². The molecule has 0 aromatic rings. The van der Waals surface area contributed by atoms with Gasteiger partial charge in [-0.2, -0.15) is 0 Å². The van der Waals surface area contributed by atoms with Gasteiger partial charge in [0.15, 0.2) is 5.17 Å². The van der Waals surface area contributed by atoms with Crippen LogP contribution in [0.1, 0.15) is 25.7 Å². The van der Waals surface area contributed by atoms with Crippen LogP contribution in [-0.4, -0.2) is 46.8 Å². The topological polar surface area (TPSA) is 61.8 Å². The number of nitrogens with one attached hydrogen (secondary N) is 1. The first-order valence-corrected chi connectivity index (χ1v) is 7.31. The summed E-state index contributed by atoms with van der Waals surface area (Å²) in [6.07, 6.45) is 3.65. The van der Waals surface area contributed by atoms with Gasteiger partial charge in [0, 0.05) is 18.7 Å². The van der Waals surface area contributed by atoms with Crippen molar-refractivity contribution >= 4 is 28.7 Å². The Morgan fingerprint density at radius 1 is 1.33 bits per heavy atom. The second-order valence-electron chi connectivity index (χ2n) is 5.17. The second-order valence-corrected chi connectivity index (χ2v) is 6.39. The number of imide groups is 1. The van der Waals surface area contributed by atoms with Crippen LogP contribution in [-0.2, 0) is 9.59 Å². The molecule has 0 radical (unpaired) electrons. The average Bonchev–Trinajstić information content (AvgIpc) is 3.11. The number of rotatable bonds is 2. The predicted molar refractivity (Wildman–Crippen MR) is 70.3 cm³/mol. The summed E-state index contributed by atoms with van der Waals surface area (Å²) in [6, 6.07) is -0.281. The zero-order valence-electron chi connectivity index (χ0n) is 10.4. The Morgan fingerprint density at radius 3 is 2.83 bits per heavy atom. The van der Waals surface area contributed by atoms with Gasteiger partial charge in [0.2, 0.25) is 5.91 Å². The van der Waals surface area contributed by atoms with Crippen LogP contribution >= 0.6 is 11.8 Å². The van der Waals surface area contributed by atoms with Crippen LogP contribution < -0.4 is 5.32 Å². The van der Waals surface area contributed by atoms with Crippen LogP contribution in [0.4, 0.5) is 0 Å². The lowest BCUT2D eigenvalue weighted by Gasteiger charge is -2.28. The second kappa shape index (κ2) is 4.57. The molecule has 5 nitrogen and oxygen atoms in total. The van der Waals surface area contributed by atoms with Crippen molar-refractivity contribution in [3.8, 4) is 0 Å². The zero-order chi connectivity index (χ0) is 12.7. The molecule has 1 saturated heterocycles. The van der Waals surface area contributed by atoms with Crippen LogP contribution in [0, 0.1) is 5.92 Å². The quantitative estimate of drug-likeness (QED) is 0.744. The molecule has 2 aliphatic heterocycles. The van der Waals surface area contributed by atoms with Gasteiger partial charge < -0.3 is 5.32 Å². The number of carbonyl (C=O) groups excluding carboxylic acids is 2. The van der Waals surface area contributed by atoms with Gasteiger partial charge in [0.1, 0.15) is 6.04 Å². The Morgan fingerprint density at radius 2 is 2.11 bits per heavy atom. The third kappa shape index (κ3) is 2.25. The molecule has 1 saturated carbocycles. The number of piperidine rings is 1. The van der Waals surface area contributed by atoms with Gasteiger partial charge in [0.25, 0.3) is 5.91 Å². The summed E-state index contributed by atoms with van der Waals surface area (Å²) >= 11 is 1.76. The molecule has 2 fully saturated rings. The molecular weight excluding hydrogens is 250 g/mol. The number of aliphatic imine (C=N–C) groups is 1. The van der Waals surface area contributed by atoms with Crippen molar-refractivity contribution in [2.75, 3.05) is 13.6 Å². The first-order chi connectivity index (χ1) is 8.65. The lowest BCUT2D eigenvalue weighted by molar-refractivity contribution is -0.147. The van der Waals surface area contributed by atoms with E-state index in [1.807, 2.05) is 0 Å². The molecule has 98 valence electrons.